The molecule has 0 unspecified atom stereocenters. The molecule has 9 heteroatoms. The molecule has 1 aliphatic rings. The maximum atomic E-state index is 14.1. The van der Waals surface area contributed by atoms with Gasteiger partial charge in [-0.2, -0.15) is 4.57 Å². The number of anilines is 3. The number of fused-ring (bicyclic) bond motifs is 2. The summed E-state index contributed by atoms with van der Waals surface area (Å²) in [4.78, 5) is 27.9. The molecule has 0 aliphatic carbocycles. The topological polar surface area (TPSA) is 74.6 Å². The van der Waals surface area contributed by atoms with Crippen LogP contribution >= 0.6 is 11.8 Å². The summed E-state index contributed by atoms with van der Waals surface area (Å²) in [5.41, 5.74) is 4.36. The summed E-state index contributed by atoms with van der Waals surface area (Å²) >= 11 is 1.60. The number of para-hydroxylation sites is 2. The second kappa shape index (κ2) is 12.4. The van der Waals surface area contributed by atoms with E-state index < -0.39 is 17.8 Å². The van der Waals surface area contributed by atoms with Gasteiger partial charge < -0.3 is 15.0 Å². The molecule has 214 valence electrons. The van der Waals surface area contributed by atoms with Crippen molar-refractivity contribution in [3.05, 3.63) is 131 Å². The van der Waals surface area contributed by atoms with Crippen molar-refractivity contribution in [1.29, 1.82) is 0 Å². The highest BCUT2D eigenvalue weighted by Gasteiger charge is 2.24. The second-order valence-electron chi connectivity index (χ2n) is 9.87. The molecule has 0 radical (unpaired) electrons. The van der Waals surface area contributed by atoms with Gasteiger partial charge in [-0.25, -0.2) is 9.18 Å². The van der Waals surface area contributed by atoms with Crippen molar-refractivity contribution in [3.8, 4) is 0 Å². The van der Waals surface area contributed by atoms with Gasteiger partial charge in [-0.15, -0.1) is 0 Å². The number of amides is 2. The zero-order valence-electron chi connectivity index (χ0n) is 23.3. The average Bonchev–Trinajstić information content (AvgIpc) is 3.32. The van der Waals surface area contributed by atoms with Gasteiger partial charge >= 0.3 is 6.09 Å². The third kappa shape index (κ3) is 6.22. The molecule has 2 N–H and O–H groups in total. The van der Waals surface area contributed by atoms with Gasteiger partial charge in [0.25, 0.3) is 5.91 Å². The molecule has 0 saturated heterocycles. The molecule has 1 aliphatic heterocycles. The first-order valence-electron chi connectivity index (χ1n) is 13.7. The fraction of sp³-hybridized carbons (Fsp3) is 0.0882. The number of aromatic nitrogens is 1. The number of carbonyl (C=O) groups excluding carboxylic acids is 2. The van der Waals surface area contributed by atoms with Crippen molar-refractivity contribution in [2.24, 2.45) is 0 Å². The summed E-state index contributed by atoms with van der Waals surface area (Å²) in [5, 5.41) is 7.62. The SMILES string of the molecule is CN1C(=Cc2cc[n+](CCOC(=O)Nc3ccccc3)c3ccccc23)Sc2cc(NC(=O)c3ccccc3F)ccc21. The molecule has 5 aromatic rings. The van der Waals surface area contributed by atoms with Crippen LogP contribution in [0.2, 0.25) is 0 Å². The molecule has 4 aromatic carbocycles. The fourth-order valence-electron chi connectivity index (χ4n) is 4.90. The van der Waals surface area contributed by atoms with Gasteiger partial charge in [0.2, 0.25) is 5.52 Å². The van der Waals surface area contributed by atoms with E-state index >= 15 is 0 Å². The van der Waals surface area contributed by atoms with Gasteiger partial charge in [-0.05, 0) is 60.2 Å². The van der Waals surface area contributed by atoms with Crippen LogP contribution in [0.3, 0.4) is 0 Å². The Bertz CT molecular complexity index is 1860. The molecule has 2 amide bonds. The normalized spacial score (nSPS) is 13.2. The monoisotopic (exact) mass is 591 g/mol. The van der Waals surface area contributed by atoms with Gasteiger partial charge in [-0.1, -0.05) is 54.2 Å². The highest BCUT2D eigenvalue weighted by molar-refractivity contribution is 8.03. The van der Waals surface area contributed by atoms with Crippen LogP contribution in [0.1, 0.15) is 15.9 Å². The molecular formula is C34H28FN4O3S+. The van der Waals surface area contributed by atoms with E-state index in [-0.39, 0.29) is 12.2 Å². The van der Waals surface area contributed by atoms with Crippen LogP contribution in [0.5, 0.6) is 0 Å². The number of nitrogens with one attached hydrogen (secondary N) is 2. The Morgan fingerprint density at radius 2 is 1.67 bits per heavy atom. The molecule has 43 heavy (non-hydrogen) atoms. The zero-order chi connectivity index (χ0) is 29.8. The number of hydrogen-bond donors (Lipinski definition) is 2. The lowest BCUT2D eigenvalue weighted by Crippen LogP contribution is -2.37. The molecule has 0 saturated carbocycles. The number of rotatable bonds is 7. The minimum absolute atomic E-state index is 0.00330. The number of ether oxygens (including phenoxy) is 1. The van der Waals surface area contributed by atoms with Crippen LogP contribution < -0.4 is 20.1 Å². The summed E-state index contributed by atoms with van der Waals surface area (Å²) in [6.45, 7) is 0.721. The van der Waals surface area contributed by atoms with Crippen molar-refractivity contribution in [2.45, 2.75) is 11.4 Å². The van der Waals surface area contributed by atoms with E-state index in [1.54, 1.807) is 36.0 Å². The Balaban J connectivity index is 1.16. The molecule has 6 rings (SSSR count). The van der Waals surface area contributed by atoms with Crippen LogP contribution in [0.15, 0.2) is 119 Å². The highest BCUT2D eigenvalue weighted by Crippen LogP contribution is 2.47. The predicted molar refractivity (Wildman–Crippen MR) is 169 cm³/mol. The molecule has 0 fully saturated rings. The minimum atomic E-state index is -0.557. The number of nitrogens with zero attached hydrogens (tertiary/aromatic N) is 2. The van der Waals surface area contributed by atoms with Gasteiger partial charge in [0, 0.05) is 35.5 Å². The Morgan fingerprint density at radius 1 is 0.907 bits per heavy atom. The van der Waals surface area contributed by atoms with Crippen molar-refractivity contribution >= 4 is 57.8 Å². The Hall–Kier alpha value is -5.15. The maximum Gasteiger partial charge on any atom is 0.411 e. The second-order valence-corrected chi connectivity index (χ2v) is 10.9. The minimum Gasteiger partial charge on any atom is -0.443 e. The molecule has 1 aromatic heterocycles. The van der Waals surface area contributed by atoms with Gasteiger partial charge in [0.1, 0.15) is 5.82 Å². The van der Waals surface area contributed by atoms with E-state index in [2.05, 4.69) is 38.3 Å². The van der Waals surface area contributed by atoms with Gasteiger partial charge in [0.15, 0.2) is 19.3 Å². The number of thioether (sulfide) groups is 1. The average molecular weight is 592 g/mol. The van der Waals surface area contributed by atoms with Gasteiger partial charge in [-0.3, -0.25) is 10.1 Å². The smallest absolute Gasteiger partial charge is 0.411 e. The Morgan fingerprint density at radius 3 is 2.51 bits per heavy atom. The number of halogens is 1. The summed E-state index contributed by atoms with van der Waals surface area (Å²) in [7, 11) is 2.01. The highest BCUT2D eigenvalue weighted by atomic mass is 32.2. The van der Waals surface area contributed by atoms with E-state index in [1.165, 1.54) is 12.1 Å². The van der Waals surface area contributed by atoms with Crippen LogP contribution in [0, 0.1) is 5.82 Å². The first-order chi connectivity index (χ1) is 21.0. The number of carbonyl (C=O) groups is 2. The quantitative estimate of drug-likeness (QED) is 0.194. The molecule has 2 heterocycles. The van der Waals surface area contributed by atoms with Crippen LogP contribution in [-0.2, 0) is 11.3 Å². The first-order valence-corrected chi connectivity index (χ1v) is 14.5. The summed E-state index contributed by atoms with van der Waals surface area (Å²) in [6.07, 6.45) is 3.64. The van der Waals surface area contributed by atoms with Crippen molar-refractivity contribution in [1.82, 2.24) is 0 Å². The Labute approximate surface area is 252 Å². The van der Waals surface area contributed by atoms with E-state index in [4.69, 9.17) is 4.74 Å². The van der Waals surface area contributed by atoms with E-state index in [1.807, 2.05) is 67.8 Å². The standard InChI is InChI=1S/C34H27FN4O3S/c1-38-30-16-15-25(36-33(40)27-12-5-7-13-28(27)35)22-31(30)43-32(38)21-23-17-18-39(29-14-8-6-11-26(23)29)19-20-42-34(41)37-24-9-3-2-4-10-24/h2-18,21-22H,19-20H2,1H3,(H-,36,37,40,41)/p+1. The molecule has 7 nitrogen and oxygen atoms in total. The third-order valence-corrected chi connectivity index (χ3v) is 8.21. The lowest BCUT2D eigenvalue weighted by molar-refractivity contribution is -0.672. The molecule has 0 bridgehead atoms. The summed E-state index contributed by atoms with van der Waals surface area (Å²) in [5.74, 6) is -1.05. The maximum absolute atomic E-state index is 14.1. The third-order valence-electron chi connectivity index (χ3n) is 7.07. The lowest BCUT2D eigenvalue weighted by atomic mass is 10.1. The number of hydrogen-bond acceptors (Lipinski definition) is 5. The van der Waals surface area contributed by atoms with E-state index in [9.17, 15) is 14.0 Å². The molecule has 0 spiro atoms. The lowest BCUT2D eigenvalue weighted by Gasteiger charge is -2.14. The first kappa shape index (κ1) is 28.0. The zero-order valence-corrected chi connectivity index (χ0v) is 24.1. The number of benzene rings is 4. The van der Waals surface area contributed by atoms with Gasteiger partial charge in [0.05, 0.1) is 21.7 Å². The van der Waals surface area contributed by atoms with Crippen molar-refractivity contribution in [2.75, 3.05) is 29.2 Å². The van der Waals surface area contributed by atoms with Crippen LogP contribution in [0.25, 0.3) is 17.0 Å². The van der Waals surface area contributed by atoms with E-state index in [0.29, 0.717) is 17.9 Å². The van der Waals surface area contributed by atoms with Crippen molar-refractivity contribution in [3.63, 3.8) is 0 Å². The summed E-state index contributed by atoms with van der Waals surface area (Å²) in [6, 6.07) is 31.0. The van der Waals surface area contributed by atoms with Crippen LogP contribution in [-0.4, -0.2) is 25.7 Å². The largest absolute Gasteiger partial charge is 0.443 e. The molecular weight excluding hydrogens is 563 g/mol. The van der Waals surface area contributed by atoms with Crippen molar-refractivity contribution < 1.29 is 23.3 Å². The predicted octanol–water partition coefficient (Wildman–Crippen LogP) is 7.31. The number of pyridine rings is 1. The van der Waals surface area contributed by atoms with E-state index in [0.717, 1.165) is 32.1 Å². The Kier molecular flexibility index (Phi) is 8.06. The fourth-order valence-corrected chi connectivity index (χ4v) is 6.04. The van der Waals surface area contributed by atoms with Crippen LogP contribution in [0.4, 0.5) is 26.2 Å². The molecule has 0 atom stereocenters. The summed E-state index contributed by atoms with van der Waals surface area (Å²) < 4.78 is 21.6.